The van der Waals surface area contributed by atoms with Crippen molar-refractivity contribution < 1.29 is 28.6 Å². The summed E-state index contributed by atoms with van der Waals surface area (Å²) in [5.74, 6) is -2.59. The Hall–Kier alpha value is -5.82. The number of aromatic hydroxyl groups is 1. The molecule has 0 aliphatic carbocycles. The van der Waals surface area contributed by atoms with Crippen LogP contribution in [-0.4, -0.2) is 47.4 Å². The number of nitrogens with one attached hydrogen (secondary N) is 2. The van der Waals surface area contributed by atoms with Crippen LogP contribution in [0.2, 0.25) is 0 Å². The number of hydrogen-bond donors (Lipinski definition) is 4. The molecule has 5 rings (SSSR count). The summed E-state index contributed by atoms with van der Waals surface area (Å²) in [5, 5.41) is 42.2. The van der Waals surface area contributed by atoms with Gasteiger partial charge in [-0.15, -0.1) is 0 Å². The first-order valence-corrected chi connectivity index (χ1v) is 14.7. The number of nitrogens with zero attached hydrogens (tertiary/aromatic N) is 4. The van der Waals surface area contributed by atoms with Gasteiger partial charge in [0.2, 0.25) is 0 Å². The van der Waals surface area contributed by atoms with E-state index in [2.05, 4.69) is 16.4 Å². The van der Waals surface area contributed by atoms with E-state index in [1.54, 1.807) is 17.6 Å². The van der Waals surface area contributed by atoms with Crippen LogP contribution >= 0.6 is 0 Å². The molecule has 1 aromatic heterocycles. The van der Waals surface area contributed by atoms with Gasteiger partial charge in [-0.2, -0.15) is 10.5 Å². The topological polar surface area (TPSA) is 155 Å². The Balaban J connectivity index is 1.39. The molecule has 1 fully saturated rings. The predicted octanol–water partition coefficient (Wildman–Crippen LogP) is 5.43. The minimum Gasteiger partial charge on any atom is -0.504 e. The molecule has 238 valence electrons. The first-order valence-electron chi connectivity index (χ1n) is 14.7. The smallest absolute Gasteiger partial charge is 0.267 e. The summed E-state index contributed by atoms with van der Waals surface area (Å²) in [6, 6.07) is 18.3. The highest BCUT2D eigenvalue weighted by Crippen LogP contribution is 2.42. The Morgan fingerprint density at radius 2 is 1.79 bits per heavy atom. The number of carbonyl (C=O) groups is 1. The number of phenols is 1. The molecule has 0 radical (unpaired) electrons. The van der Waals surface area contributed by atoms with Crippen LogP contribution in [0.4, 0.5) is 14.6 Å². The number of methoxy groups -OCH3 is 1. The maximum absolute atomic E-state index is 14.8. The molecule has 4 aromatic rings. The fraction of sp³-hybridized carbons (Fsp3) is 0.200. The number of halogens is 2. The summed E-state index contributed by atoms with van der Waals surface area (Å²) >= 11 is 0. The van der Waals surface area contributed by atoms with Crippen LogP contribution in [0.5, 0.6) is 11.5 Å². The molecule has 47 heavy (non-hydrogen) atoms. The number of rotatable bonds is 9. The summed E-state index contributed by atoms with van der Waals surface area (Å²) in [6.45, 7) is 1.78. The van der Waals surface area contributed by atoms with Crippen molar-refractivity contribution in [1.29, 1.82) is 10.5 Å². The second-order valence-electron chi connectivity index (χ2n) is 10.9. The monoisotopic (exact) mass is 636 g/mol. The van der Waals surface area contributed by atoms with E-state index in [1.807, 2.05) is 29.2 Å². The first-order chi connectivity index (χ1) is 22.8. The number of carbonyl (C=O) groups excluding carboxylic acids is 1. The lowest BCUT2D eigenvalue weighted by Crippen LogP contribution is -2.42. The Kier molecular flexibility index (Phi) is 10.1. The molecule has 1 aliphatic heterocycles. The van der Waals surface area contributed by atoms with Gasteiger partial charge >= 0.3 is 0 Å². The lowest BCUT2D eigenvalue weighted by molar-refractivity contribution is -0.124. The number of aromatic nitrogens is 1. The number of benzene rings is 3. The number of anilines is 1. The first kappa shape index (κ1) is 32.6. The average Bonchev–Trinajstić information content (AvgIpc) is 3.09. The summed E-state index contributed by atoms with van der Waals surface area (Å²) in [6.07, 6.45) is 5.81. The summed E-state index contributed by atoms with van der Waals surface area (Å²) in [7, 11) is 1.23. The molecule has 0 unspecified atom stereocenters. The zero-order valence-electron chi connectivity index (χ0n) is 25.3. The number of hydrogen-bond acceptors (Lipinski definition) is 9. The van der Waals surface area contributed by atoms with E-state index in [1.165, 1.54) is 37.6 Å². The average molecular weight is 637 g/mol. The van der Waals surface area contributed by atoms with Crippen molar-refractivity contribution in [3.05, 3.63) is 101 Å². The number of piperidine rings is 1. The molecule has 2 heterocycles. The maximum atomic E-state index is 14.8. The number of ether oxygens (including phenoxy) is 1. The lowest BCUT2D eigenvalue weighted by Gasteiger charge is -2.34. The van der Waals surface area contributed by atoms with Gasteiger partial charge in [-0.25, -0.2) is 19.2 Å². The fourth-order valence-corrected chi connectivity index (χ4v) is 5.58. The quantitative estimate of drug-likeness (QED) is 0.107. The van der Waals surface area contributed by atoms with Crippen LogP contribution in [-0.2, 0) is 11.3 Å². The molecule has 0 saturated carbocycles. The second-order valence-corrected chi connectivity index (χ2v) is 10.9. The summed E-state index contributed by atoms with van der Waals surface area (Å²) in [4.78, 5) is 17.8. The Morgan fingerprint density at radius 3 is 2.40 bits per heavy atom. The fourth-order valence-electron chi connectivity index (χ4n) is 5.58. The standard InChI is InChI=1S/C35H30F2N6O4/c1-47-34-30(37)15-25(16-31(34)44)28-20-41-35(27(18-39)33(28)23-7-8-24(17-38)29(36)14-23)43-12-10-26(11-13-43)40-19-22-4-2-21(3-5-22)6-9-32(45)42-46/h2-9,14-16,20,26,40,44,46H,10-13,19H2,1H3,(H,42,45)/b9-6+. The molecule has 4 N–H and O–H groups in total. The van der Waals surface area contributed by atoms with Gasteiger partial charge in [0, 0.05) is 49.1 Å². The second kappa shape index (κ2) is 14.5. The molecule has 0 spiro atoms. The predicted molar refractivity (Wildman–Crippen MR) is 170 cm³/mol. The van der Waals surface area contributed by atoms with E-state index in [-0.39, 0.29) is 28.5 Å². The zero-order chi connectivity index (χ0) is 33.5. The summed E-state index contributed by atoms with van der Waals surface area (Å²) < 4.78 is 34.6. The SMILES string of the molecule is COc1c(O)cc(-c2cnc(N3CCC(NCc4ccc(/C=C/C(=O)NO)cc4)CC3)c(C#N)c2-c2ccc(C#N)c(F)c2)cc1F. The Labute approximate surface area is 269 Å². The number of phenolic OH excluding ortho intramolecular Hbond substituents is 1. The van der Waals surface area contributed by atoms with Crippen LogP contribution in [0, 0.1) is 34.3 Å². The number of pyridine rings is 1. The highest BCUT2D eigenvalue weighted by molar-refractivity contribution is 5.91. The van der Waals surface area contributed by atoms with E-state index in [4.69, 9.17) is 9.94 Å². The highest BCUT2D eigenvalue weighted by Gasteiger charge is 2.26. The summed E-state index contributed by atoms with van der Waals surface area (Å²) in [5.41, 5.74) is 4.50. The molecule has 0 bridgehead atoms. The minimum absolute atomic E-state index is 0.152. The molecular formula is C35H30F2N6O4. The van der Waals surface area contributed by atoms with E-state index in [0.717, 1.165) is 36.1 Å². The van der Waals surface area contributed by atoms with Crippen molar-refractivity contribution in [1.82, 2.24) is 15.8 Å². The minimum atomic E-state index is -0.823. The van der Waals surface area contributed by atoms with E-state index >= 15 is 0 Å². The Bertz CT molecular complexity index is 1890. The number of amides is 1. The third-order valence-electron chi connectivity index (χ3n) is 7.99. The Morgan fingerprint density at radius 1 is 1.06 bits per heavy atom. The molecule has 1 saturated heterocycles. The van der Waals surface area contributed by atoms with E-state index in [0.29, 0.717) is 42.1 Å². The van der Waals surface area contributed by atoms with Crippen molar-refractivity contribution in [3.8, 4) is 45.9 Å². The number of nitriles is 2. The van der Waals surface area contributed by atoms with Crippen molar-refractivity contribution in [2.24, 2.45) is 0 Å². The van der Waals surface area contributed by atoms with Crippen LogP contribution in [0.15, 0.2) is 66.9 Å². The van der Waals surface area contributed by atoms with Crippen molar-refractivity contribution in [2.45, 2.75) is 25.4 Å². The van der Waals surface area contributed by atoms with Gasteiger partial charge in [0.15, 0.2) is 17.3 Å². The van der Waals surface area contributed by atoms with Gasteiger partial charge < -0.3 is 20.1 Å². The molecule has 1 amide bonds. The van der Waals surface area contributed by atoms with Gasteiger partial charge in [-0.3, -0.25) is 10.0 Å². The van der Waals surface area contributed by atoms with Gasteiger partial charge in [0.05, 0.1) is 12.7 Å². The van der Waals surface area contributed by atoms with Crippen molar-refractivity contribution >= 4 is 17.8 Å². The van der Waals surface area contributed by atoms with Crippen LogP contribution in [0.25, 0.3) is 28.3 Å². The molecule has 10 nitrogen and oxygen atoms in total. The lowest BCUT2D eigenvalue weighted by atomic mass is 9.91. The maximum Gasteiger partial charge on any atom is 0.267 e. The van der Waals surface area contributed by atoms with Crippen LogP contribution in [0.1, 0.15) is 35.1 Å². The molecule has 12 heteroatoms. The van der Waals surface area contributed by atoms with Gasteiger partial charge in [-0.05, 0) is 65.4 Å². The van der Waals surface area contributed by atoms with E-state index < -0.39 is 23.3 Å². The number of hydroxylamine groups is 1. The third kappa shape index (κ3) is 7.20. The highest BCUT2D eigenvalue weighted by atomic mass is 19.1. The van der Waals surface area contributed by atoms with E-state index in [9.17, 15) is 29.2 Å². The molecule has 0 atom stereocenters. The zero-order valence-corrected chi connectivity index (χ0v) is 25.3. The largest absolute Gasteiger partial charge is 0.504 e. The van der Waals surface area contributed by atoms with Gasteiger partial charge in [-0.1, -0.05) is 30.3 Å². The van der Waals surface area contributed by atoms with Gasteiger partial charge in [0.1, 0.15) is 29.3 Å². The molecule has 3 aromatic carbocycles. The van der Waals surface area contributed by atoms with Gasteiger partial charge in [0.25, 0.3) is 5.91 Å². The van der Waals surface area contributed by atoms with Crippen LogP contribution in [0.3, 0.4) is 0 Å². The third-order valence-corrected chi connectivity index (χ3v) is 7.99. The van der Waals surface area contributed by atoms with Crippen molar-refractivity contribution in [3.63, 3.8) is 0 Å². The van der Waals surface area contributed by atoms with Crippen molar-refractivity contribution in [2.75, 3.05) is 25.1 Å². The molecular weight excluding hydrogens is 606 g/mol. The van der Waals surface area contributed by atoms with Crippen LogP contribution < -0.4 is 20.4 Å². The molecule has 1 aliphatic rings. The normalized spacial score (nSPS) is 13.3.